The number of hydrogen-bond donors (Lipinski definition) is 2. The van der Waals surface area contributed by atoms with Crippen LogP contribution in [0.25, 0.3) is 0 Å². The van der Waals surface area contributed by atoms with Gasteiger partial charge in [0.15, 0.2) is 0 Å². The SMILES string of the molecule is COC(=O)C1=C(C(=O)O)C(N(N)C(=O)OC(C)(C)C)CC1. The van der Waals surface area contributed by atoms with Gasteiger partial charge in [0.05, 0.1) is 18.7 Å². The van der Waals surface area contributed by atoms with Gasteiger partial charge < -0.3 is 14.6 Å². The van der Waals surface area contributed by atoms with Crippen LogP contribution in [0.15, 0.2) is 11.1 Å². The Balaban J connectivity index is 3.02. The predicted octanol–water partition coefficient (Wildman–Crippen LogP) is 0.814. The van der Waals surface area contributed by atoms with Gasteiger partial charge in [-0.2, -0.15) is 0 Å². The fourth-order valence-electron chi connectivity index (χ4n) is 2.09. The molecule has 0 fully saturated rings. The van der Waals surface area contributed by atoms with Crippen LogP contribution >= 0.6 is 0 Å². The smallest absolute Gasteiger partial charge is 0.425 e. The lowest BCUT2D eigenvalue weighted by Crippen LogP contribution is -2.48. The van der Waals surface area contributed by atoms with Crippen LogP contribution in [0.5, 0.6) is 0 Å². The molecule has 0 radical (unpaired) electrons. The first-order valence-electron chi connectivity index (χ1n) is 6.40. The Morgan fingerprint density at radius 3 is 2.33 bits per heavy atom. The van der Waals surface area contributed by atoms with Crippen molar-refractivity contribution in [3.63, 3.8) is 0 Å². The molecule has 0 spiro atoms. The van der Waals surface area contributed by atoms with Gasteiger partial charge >= 0.3 is 18.0 Å². The number of carboxylic acid groups (broad SMARTS) is 1. The number of amides is 1. The lowest BCUT2D eigenvalue weighted by atomic mass is 10.1. The highest BCUT2D eigenvalue weighted by molar-refractivity contribution is 6.01. The third-order valence-corrected chi connectivity index (χ3v) is 2.93. The van der Waals surface area contributed by atoms with Gasteiger partial charge in [-0.3, -0.25) is 0 Å². The lowest BCUT2D eigenvalue weighted by Gasteiger charge is -2.28. The van der Waals surface area contributed by atoms with Crippen molar-refractivity contribution in [3.8, 4) is 0 Å². The van der Waals surface area contributed by atoms with E-state index in [1.54, 1.807) is 20.8 Å². The number of ether oxygens (including phenoxy) is 2. The van der Waals surface area contributed by atoms with E-state index < -0.39 is 29.7 Å². The van der Waals surface area contributed by atoms with Gasteiger partial charge in [-0.1, -0.05) is 0 Å². The van der Waals surface area contributed by atoms with Gasteiger partial charge in [-0.25, -0.2) is 25.2 Å². The molecule has 8 nitrogen and oxygen atoms in total. The molecule has 8 heteroatoms. The molecule has 0 aromatic heterocycles. The maximum Gasteiger partial charge on any atom is 0.425 e. The number of carbonyl (C=O) groups is 3. The summed E-state index contributed by atoms with van der Waals surface area (Å²) in [6.45, 7) is 5.00. The van der Waals surface area contributed by atoms with Gasteiger partial charge in [0.1, 0.15) is 5.60 Å². The van der Waals surface area contributed by atoms with E-state index in [0.29, 0.717) is 5.01 Å². The van der Waals surface area contributed by atoms with Crippen molar-refractivity contribution in [2.24, 2.45) is 5.84 Å². The number of hydrogen-bond acceptors (Lipinski definition) is 6. The van der Waals surface area contributed by atoms with E-state index in [1.807, 2.05) is 0 Å². The fraction of sp³-hybridized carbons (Fsp3) is 0.615. The molecule has 0 aromatic carbocycles. The molecule has 0 aromatic rings. The summed E-state index contributed by atoms with van der Waals surface area (Å²) in [5.74, 6) is 3.63. The zero-order valence-corrected chi connectivity index (χ0v) is 12.5. The Labute approximate surface area is 122 Å². The van der Waals surface area contributed by atoms with Gasteiger partial charge in [0.2, 0.25) is 0 Å². The second-order valence-electron chi connectivity index (χ2n) is 5.63. The number of rotatable bonds is 3. The predicted molar refractivity (Wildman–Crippen MR) is 72.0 cm³/mol. The van der Waals surface area contributed by atoms with E-state index >= 15 is 0 Å². The van der Waals surface area contributed by atoms with Crippen LogP contribution in [0.2, 0.25) is 0 Å². The van der Waals surface area contributed by atoms with Crippen LogP contribution in [0.1, 0.15) is 33.6 Å². The van der Waals surface area contributed by atoms with E-state index in [0.717, 1.165) is 7.11 Å². The topological polar surface area (TPSA) is 119 Å². The van der Waals surface area contributed by atoms with Crippen molar-refractivity contribution in [1.29, 1.82) is 0 Å². The number of carbonyl (C=O) groups excluding carboxylic acids is 2. The highest BCUT2D eigenvalue weighted by Gasteiger charge is 2.39. The van der Waals surface area contributed by atoms with Crippen LogP contribution in [0.3, 0.4) is 0 Å². The minimum atomic E-state index is -1.31. The first kappa shape index (κ1) is 17.0. The Hall–Kier alpha value is -2.09. The van der Waals surface area contributed by atoms with Gasteiger partial charge in [-0.15, -0.1) is 0 Å². The third-order valence-electron chi connectivity index (χ3n) is 2.93. The van der Waals surface area contributed by atoms with Crippen LogP contribution in [-0.2, 0) is 19.1 Å². The molecule has 1 rings (SSSR count). The summed E-state index contributed by atoms with van der Waals surface area (Å²) >= 11 is 0. The number of nitrogens with two attached hydrogens (primary N) is 1. The Kier molecular flexibility index (Phi) is 4.95. The molecule has 118 valence electrons. The van der Waals surface area contributed by atoms with Crippen LogP contribution < -0.4 is 5.84 Å². The molecule has 0 saturated carbocycles. The monoisotopic (exact) mass is 300 g/mol. The van der Waals surface area contributed by atoms with E-state index in [4.69, 9.17) is 10.6 Å². The highest BCUT2D eigenvalue weighted by Crippen LogP contribution is 2.31. The average Bonchev–Trinajstić information content (AvgIpc) is 2.79. The highest BCUT2D eigenvalue weighted by atomic mass is 16.6. The van der Waals surface area contributed by atoms with Crippen molar-refractivity contribution in [3.05, 3.63) is 11.1 Å². The molecule has 21 heavy (non-hydrogen) atoms. The molecular weight excluding hydrogens is 280 g/mol. The summed E-state index contributed by atoms with van der Waals surface area (Å²) in [5.41, 5.74) is -0.963. The molecular formula is C13H20N2O6. The number of aliphatic carboxylic acids is 1. The number of esters is 1. The molecule has 1 aliphatic carbocycles. The summed E-state index contributed by atoms with van der Waals surface area (Å²) in [6, 6.07) is -0.925. The summed E-state index contributed by atoms with van der Waals surface area (Å²) < 4.78 is 9.64. The Bertz CT molecular complexity index is 491. The zero-order valence-electron chi connectivity index (χ0n) is 12.5. The van der Waals surface area contributed by atoms with Crippen molar-refractivity contribution in [2.45, 2.75) is 45.3 Å². The van der Waals surface area contributed by atoms with Gasteiger partial charge in [0.25, 0.3) is 0 Å². The fourth-order valence-corrected chi connectivity index (χ4v) is 2.09. The number of hydrazine groups is 1. The first-order valence-corrected chi connectivity index (χ1v) is 6.40. The quantitative estimate of drug-likeness (QED) is 0.342. The maximum absolute atomic E-state index is 11.9. The second-order valence-corrected chi connectivity index (χ2v) is 5.63. The van der Waals surface area contributed by atoms with Crippen molar-refractivity contribution in [1.82, 2.24) is 5.01 Å². The molecule has 1 aliphatic rings. The second kappa shape index (κ2) is 6.13. The van der Waals surface area contributed by atoms with E-state index in [2.05, 4.69) is 4.74 Å². The number of carboxylic acids is 1. The molecule has 0 heterocycles. The molecule has 0 aliphatic heterocycles. The van der Waals surface area contributed by atoms with Crippen LogP contribution in [0.4, 0.5) is 4.79 Å². The standard InChI is InChI=1S/C13H20N2O6/c1-13(2,3)21-12(19)15(14)8-6-5-7(11(18)20-4)9(8)10(16)17/h8H,5-6,14H2,1-4H3,(H,16,17). The summed E-state index contributed by atoms with van der Waals surface area (Å²) in [4.78, 5) is 34.8. The van der Waals surface area contributed by atoms with Crippen LogP contribution in [0, 0.1) is 0 Å². The molecule has 0 saturated heterocycles. The van der Waals surface area contributed by atoms with Crippen molar-refractivity contribution >= 4 is 18.0 Å². The minimum Gasteiger partial charge on any atom is -0.478 e. The summed E-state index contributed by atoms with van der Waals surface area (Å²) in [6.07, 6.45) is -0.450. The molecule has 1 amide bonds. The third kappa shape index (κ3) is 3.94. The Morgan fingerprint density at radius 1 is 1.33 bits per heavy atom. The first-order chi connectivity index (χ1) is 9.58. The molecule has 1 atom stereocenters. The minimum absolute atomic E-state index is 0.0222. The maximum atomic E-state index is 11.9. The van der Waals surface area contributed by atoms with Crippen molar-refractivity contribution in [2.75, 3.05) is 7.11 Å². The molecule has 1 unspecified atom stereocenters. The Morgan fingerprint density at radius 2 is 1.90 bits per heavy atom. The largest absolute Gasteiger partial charge is 0.478 e. The van der Waals surface area contributed by atoms with E-state index in [1.165, 1.54) is 0 Å². The number of methoxy groups -OCH3 is 1. The molecule has 3 N–H and O–H groups in total. The van der Waals surface area contributed by atoms with Crippen molar-refractivity contribution < 1.29 is 29.0 Å². The summed E-state index contributed by atoms with van der Waals surface area (Å²) in [7, 11) is 1.16. The molecule has 0 bridgehead atoms. The summed E-state index contributed by atoms with van der Waals surface area (Å²) in [5, 5.41) is 9.97. The number of nitrogens with zero attached hydrogens (tertiary/aromatic N) is 1. The van der Waals surface area contributed by atoms with Gasteiger partial charge in [0, 0.05) is 5.57 Å². The zero-order chi connectivity index (χ0) is 16.4. The normalized spacial score (nSPS) is 18.4. The average molecular weight is 300 g/mol. The van der Waals surface area contributed by atoms with E-state index in [-0.39, 0.29) is 24.0 Å². The van der Waals surface area contributed by atoms with Gasteiger partial charge in [-0.05, 0) is 33.6 Å². The lowest BCUT2D eigenvalue weighted by molar-refractivity contribution is -0.138. The van der Waals surface area contributed by atoms with Crippen LogP contribution in [-0.4, -0.2) is 46.9 Å². The van der Waals surface area contributed by atoms with E-state index in [9.17, 15) is 19.5 Å².